The molecular weight excluding hydrogens is 656 g/mol. The zero-order chi connectivity index (χ0) is 34.3. The Balaban J connectivity index is 0.000000190. The van der Waals surface area contributed by atoms with Gasteiger partial charge in [0.25, 0.3) is 11.8 Å². The van der Waals surface area contributed by atoms with Crippen LogP contribution in [0.3, 0.4) is 0 Å². The minimum atomic E-state index is -4.81. The first-order chi connectivity index (χ1) is 23.0. The number of hydroxylamine groups is 6. The Bertz CT molecular complexity index is 1550. The monoisotopic (exact) mass is 692 g/mol. The van der Waals surface area contributed by atoms with Crippen molar-refractivity contribution in [1.29, 1.82) is 0 Å². The van der Waals surface area contributed by atoms with Crippen LogP contribution in [0.4, 0.5) is 9.59 Å². The Hall–Kier alpha value is -4.47. The average molecular weight is 693 g/mol. The van der Waals surface area contributed by atoms with E-state index in [4.69, 9.17) is 14.2 Å². The molecule has 6 heterocycles. The fraction of sp³-hybridized carbons (Fsp3) is 0.500. The molecule has 6 amide bonds. The summed E-state index contributed by atoms with van der Waals surface area (Å²) in [7, 11) is -4.81. The minimum absolute atomic E-state index is 0.125. The maximum atomic E-state index is 12.3. The van der Waals surface area contributed by atoms with Gasteiger partial charge in [-0.1, -0.05) is 12.1 Å². The number of urea groups is 2. The molecule has 19 nitrogen and oxygen atoms in total. The molecule has 4 atom stereocenters. The number of hydrogen-bond acceptors (Lipinski definition) is 12. The van der Waals surface area contributed by atoms with Crippen molar-refractivity contribution in [1.82, 2.24) is 40.9 Å². The van der Waals surface area contributed by atoms with E-state index < -0.39 is 46.5 Å². The first-order valence-electron chi connectivity index (χ1n) is 15.2. The molecule has 0 aromatic carbocycles. The van der Waals surface area contributed by atoms with Crippen LogP contribution in [-0.2, 0) is 46.8 Å². The number of hydrogen-bond donors (Lipinski definition) is 4. The Morgan fingerprint density at radius 2 is 1.29 bits per heavy atom. The molecule has 260 valence electrons. The van der Waals surface area contributed by atoms with Crippen molar-refractivity contribution in [2.24, 2.45) is 0 Å². The highest BCUT2D eigenvalue weighted by molar-refractivity contribution is 7.80. The number of amides is 6. The lowest BCUT2D eigenvalue weighted by Crippen LogP contribution is -2.49. The van der Waals surface area contributed by atoms with Crippen LogP contribution >= 0.6 is 0 Å². The third-order valence-electron chi connectivity index (χ3n) is 8.17. The fourth-order valence-corrected chi connectivity index (χ4v) is 6.20. The molecule has 2 aromatic heterocycles. The highest BCUT2D eigenvalue weighted by atomic mass is 32.3. The molecule has 0 unspecified atom stereocenters. The number of carbonyl (C=O) groups is 4. The van der Waals surface area contributed by atoms with Crippen molar-refractivity contribution in [2.75, 3.05) is 26.3 Å². The van der Waals surface area contributed by atoms with Crippen LogP contribution in [0.5, 0.6) is 0 Å². The first-order valence-corrected chi connectivity index (χ1v) is 16.6. The second kappa shape index (κ2) is 15.6. The van der Waals surface area contributed by atoms with E-state index in [1.54, 1.807) is 18.5 Å². The number of aromatic nitrogens is 2. The normalized spacial score (nSPS) is 23.1. The van der Waals surface area contributed by atoms with Gasteiger partial charge in [-0.15, -0.1) is 4.28 Å². The zero-order valence-electron chi connectivity index (χ0n) is 25.7. The van der Waals surface area contributed by atoms with Crippen LogP contribution in [-0.4, -0.2) is 122 Å². The van der Waals surface area contributed by atoms with Crippen molar-refractivity contribution in [3.63, 3.8) is 0 Å². The molecule has 0 radical (unpaired) electrons. The topological polar surface area (TPSA) is 233 Å². The van der Waals surface area contributed by atoms with Crippen molar-refractivity contribution < 1.29 is 51.3 Å². The summed E-state index contributed by atoms with van der Waals surface area (Å²) in [5.74, 6) is -0.866. The zero-order valence-corrected chi connectivity index (χ0v) is 26.5. The summed E-state index contributed by atoms with van der Waals surface area (Å²) in [5.41, 5.74) is 6.37. The summed E-state index contributed by atoms with van der Waals surface area (Å²) in [6, 6.07) is 7.63. The molecule has 6 rings (SSSR count). The van der Waals surface area contributed by atoms with Gasteiger partial charge in [0.1, 0.15) is 12.1 Å². The first kappa shape index (κ1) is 34.9. The molecule has 20 heteroatoms. The Kier molecular flexibility index (Phi) is 11.3. The van der Waals surface area contributed by atoms with Gasteiger partial charge in [-0.2, -0.15) is 13.5 Å². The van der Waals surface area contributed by atoms with E-state index in [-0.39, 0.29) is 25.1 Å². The number of pyridine rings is 2. The van der Waals surface area contributed by atoms with E-state index in [2.05, 4.69) is 25.2 Å². The van der Waals surface area contributed by atoms with Crippen LogP contribution in [0.15, 0.2) is 48.8 Å². The largest absolute Gasteiger partial charge is 0.418 e. The van der Waals surface area contributed by atoms with Crippen LogP contribution < -0.4 is 11.0 Å². The molecule has 2 aromatic rings. The lowest BCUT2D eigenvalue weighted by molar-refractivity contribution is -0.139. The Morgan fingerprint density at radius 1 is 0.792 bits per heavy atom. The van der Waals surface area contributed by atoms with E-state index in [1.165, 1.54) is 9.80 Å². The number of nitrogens with one attached hydrogen (secondary N) is 2. The minimum Gasteiger partial charge on any atom is -0.309 e. The molecule has 4 aliphatic rings. The van der Waals surface area contributed by atoms with Gasteiger partial charge in [0.15, 0.2) is 0 Å². The summed E-state index contributed by atoms with van der Waals surface area (Å²) in [6.45, 7) is 1.02. The molecule has 4 saturated heterocycles. The number of rotatable bonds is 12. The maximum absolute atomic E-state index is 12.3. The lowest BCUT2D eigenvalue weighted by atomic mass is 10.0. The molecule has 4 bridgehead atoms. The molecule has 48 heavy (non-hydrogen) atoms. The molecule has 4 N–H and O–H groups in total. The van der Waals surface area contributed by atoms with E-state index in [0.29, 0.717) is 56.7 Å². The second-order valence-corrected chi connectivity index (χ2v) is 12.3. The van der Waals surface area contributed by atoms with Gasteiger partial charge < -0.3 is 9.80 Å². The van der Waals surface area contributed by atoms with Gasteiger partial charge in [-0.05, 0) is 49.9 Å². The van der Waals surface area contributed by atoms with Crippen molar-refractivity contribution in [2.45, 2.75) is 62.7 Å². The SMILES string of the molecule is O=C(NOCCc1ccccn1)[C@@H]1CC[C@@H]2CN1C(=O)N2O.O=C(NOCCc1ccccn1)[C@@H]1CC[C@@H]2CN1C(=O)N2OS(=O)(=O)O. The molecule has 0 saturated carbocycles. The van der Waals surface area contributed by atoms with Crippen LogP contribution in [0.1, 0.15) is 37.1 Å². The third-order valence-corrected chi connectivity index (χ3v) is 8.51. The van der Waals surface area contributed by atoms with Crippen molar-refractivity contribution >= 4 is 34.3 Å². The van der Waals surface area contributed by atoms with Crippen LogP contribution in [0.25, 0.3) is 0 Å². The fourth-order valence-electron chi connectivity index (χ4n) is 5.81. The predicted octanol–water partition coefficient (Wildman–Crippen LogP) is 0.00460. The van der Waals surface area contributed by atoms with Crippen molar-refractivity contribution in [3.05, 3.63) is 60.2 Å². The Morgan fingerprint density at radius 3 is 1.79 bits per heavy atom. The van der Waals surface area contributed by atoms with Crippen molar-refractivity contribution in [3.8, 4) is 0 Å². The average Bonchev–Trinajstić information content (AvgIpc) is 3.44. The number of fused-ring (bicyclic) bond motifs is 4. The van der Waals surface area contributed by atoms with E-state index in [1.807, 2.05) is 30.3 Å². The molecule has 4 aliphatic heterocycles. The highest BCUT2D eigenvalue weighted by Crippen LogP contribution is 2.31. The number of nitrogens with zero attached hydrogens (tertiary/aromatic N) is 6. The second-order valence-electron chi connectivity index (χ2n) is 11.3. The lowest BCUT2D eigenvalue weighted by Gasteiger charge is -2.28. The molecule has 0 aliphatic carbocycles. The summed E-state index contributed by atoms with van der Waals surface area (Å²) in [6.07, 6.45) is 6.24. The number of carbonyl (C=O) groups excluding carboxylic acids is 4. The van der Waals surface area contributed by atoms with Gasteiger partial charge in [-0.3, -0.25) is 39.0 Å². The summed E-state index contributed by atoms with van der Waals surface area (Å²) >= 11 is 0. The van der Waals surface area contributed by atoms with Crippen LogP contribution in [0, 0.1) is 0 Å². The number of piperidine rings is 2. The molecule has 4 fully saturated rings. The molecule has 0 spiro atoms. The predicted molar refractivity (Wildman–Crippen MR) is 160 cm³/mol. The summed E-state index contributed by atoms with van der Waals surface area (Å²) < 4.78 is 34.8. The van der Waals surface area contributed by atoms with Gasteiger partial charge in [0.2, 0.25) is 0 Å². The van der Waals surface area contributed by atoms with E-state index >= 15 is 0 Å². The highest BCUT2D eigenvalue weighted by Gasteiger charge is 2.49. The van der Waals surface area contributed by atoms with Crippen LogP contribution in [0.2, 0.25) is 0 Å². The van der Waals surface area contributed by atoms with Gasteiger partial charge in [0.05, 0.1) is 25.3 Å². The van der Waals surface area contributed by atoms with Gasteiger partial charge in [-0.25, -0.2) is 25.6 Å². The van der Waals surface area contributed by atoms with Gasteiger partial charge >= 0.3 is 22.5 Å². The Labute approximate surface area is 275 Å². The van der Waals surface area contributed by atoms with E-state index in [0.717, 1.165) is 16.5 Å². The molecular formula is C28H36N8O11S. The standard InChI is InChI=1S/C14H18N4O7S.C14H18N4O4/c19-13(16-24-8-6-10-3-1-2-7-15-10)12-5-4-11-9-17(12)14(20)18(11)25-26(21,22)23;19-13(16-22-8-6-10-3-1-2-7-15-10)12-5-4-11-9-17(12)14(20)18(11)21/h1-3,7,11-12H,4-6,8-9H2,(H,16,19)(H,21,22,23);1-3,7,11-12,21H,4-6,8-9H2,(H,16,19)/t2*11-,12+/m11/s1. The van der Waals surface area contributed by atoms with E-state index in [9.17, 15) is 32.8 Å². The maximum Gasteiger partial charge on any atom is 0.418 e. The smallest absolute Gasteiger partial charge is 0.309 e. The summed E-state index contributed by atoms with van der Waals surface area (Å²) in [5, 5.41) is 10.9. The third kappa shape index (κ3) is 8.70. The van der Waals surface area contributed by atoms with Gasteiger partial charge in [0, 0.05) is 49.7 Å². The summed E-state index contributed by atoms with van der Waals surface area (Å²) in [4.78, 5) is 69.5. The quantitative estimate of drug-likeness (QED) is 0.0994.